The Labute approximate surface area is 135 Å². The Hall–Kier alpha value is -0.680. The molecule has 1 aliphatic carbocycles. The standard InChI is InChI=1S/C16H24N2OS2/c1-3-10-5-4-8-18(9-10)16-15(20-2)12(17)14(21-16)13(19)11-6-7-11/h10-11H,3-9,17H2,1-2H3. The molecule has 1 aromatic heterocycles. The Kier molecular flexibility index (Phi) is 4.50. The maximum atomic E-state index is 12.4. The van der Waals surface area contributed by atoms with E-state index in [-0.39, 0.29) is 11.7 Å². The summed E-state index contributed by atoms with van der Waals surface area (Å²) in [4.78, 5) is 16.8. The van der Waals surface area contributed by atoms with Crippen LogP contribution in [0.15, 0.2) is 4.90 Å². The SMILES string of the molecule is CCC1CCCN(c2sc(C(=O)C3CC3)c(N)c2SC)C1. The average molecular weight is 325 g/mol. The van der Waals surface area contributed by atoms with E-state index in [9.17, 15) is 4.79 Å². The average Bonchev–Trinajstić information content (AvgIpc) is 3.30. The van der Waals surface area contributed by atoms with Crippen molar-refractivity contribution in [2.45, 2.75) is 43.9 Å². The molecule has 0 amide bonds. The van der Waals surface area contributed by atoms with Gasteiger partial charge in [-0.25, -0.2) is 0 Å². The highest BCUT2D eigenvalue weighted by molar-refractivity contribution is 7.99. The van der Waals surface area contributed by atoms with Crippen molar-refractivity contribution >= 4 is 39.6 Å². The number of nitrogens with two attached hydrogens (primary N) is 1. The summed E-state index contributed by atoms with van der Waals surface area (Å²) < 4.78 is 0. The minimum absolute atomic E-state index is 0.248. The van der Waals surface area contributed by atoms with Crippen LogP contribution < -0.4 is 10.6 Å². The van der Waals surface area contributed by atoms with E-state index in [2.05, 4.69) is 18.1 Å². The van der Waals surface area contributed by atoms with Crippen molar-refractivity contribution in [3.63, 3.8) is 0 Å². The molecule has 1 atom stereocenters. The molecule has 3 rings (SSSR count). The molecule has 1 saturated heterocycles. The topological polar surface area (TPSA) is 46.3 Å². The Morgan fingerprint density at radius 3 is 2.81 bits per heavy atom. The van der Waals surface area contributed by atoms with Crippen molar-refractivity contribution in [1.29, 1.82) is 0 Å². The van der Waals surface area contributed by atoms with E-state index in [0.717, 1.165) is 47.3 Å². The monoisotopic (exact) mass is 324 g/mol. The van der Waals surface area contributed by atoms with Crippen molar-refractivity contribution in [1.82, 2.24) is 0 Å². The van der Waals surface area contributed by atoms with Crippen molar-refractivity contribution in [2.24, 2.45) is 11.8 Å². The first-order valence-electron chi connectivity index (χ1n) is 7.91. The number of ketones is 1. The van der Waals surface area contributed by atoms with E-state index in [0.29, 0.717) is 0 Å². The normalized spacial score (nSPS) is 22.6. The third-order valence-corrected chi connectivity index (χ3v) is 6.87. The molecule has 5 heteroatoms. The molecule has 3 nitrogen and oxygen atoms in total. The summed E-state index contributed by atoms with van der Waals surface area (Å²) in [6, 6.07) is 0. The molecule has 0 aromatic carbocycles. The summed E-state index contributed by atoms with van der Waals surface area (Å²) in [6.07, 6.45) is 7.96. The number of hydrogen-bond acceptors (Lipinski definition) is 5. The van der Waals surface area contributed by atoms with Crippen LogP contribution in [0.5, 0.6) is 0 Å². The van der Waals surface area contributed by atoms with E-state index in [1.54, 1.807) is 23.1 Å². The van der Waals surface area contributed by atoms with Crippen LogP contribution in [0.3, 0.4) is 0 Å². The molecular formula is C16H24N2OS2. The van der Waals surface area contributed by atoms with Gasteiger partial charge in [0.15, 0.2) is 5.78 Å². The molecular weight excluding hydrogens is 300 g/mol. The third kappa shape index (κ3) is 2.95. The number of anilines is 2. The van der Waals surface area contributed by atoms with Gasteiger partial charge in [-0.15, -0.1) is 23.1 Å². The highest BCUT2D eigenvalue weighted by Crippen LogP contribution is 2.47. The van der Waals surface area contributed by atoms with E-state index in [1.165, 1.54) is 24.3 Å². The highest BCUT2D eigenvalue weighted by Gasteiger charge is 2.35. The van der Waals surface area contributed by atoms with Crippen molar-refractivity contribution in [2.75, 3.05) is 30.0 Å². The van der Waals surface area contributed by atoms with Gasteiger partial charge in [-0.3, -0.25) is 4.79 Å². The van der Waals surface area contributed by atoms with Gasteiger partial charge in [0, 0.05) is 19.0 Å². The number of hydrogen-bond donors (Lipinski definition) is 1. The van der Waals surface area contributed by atoms with Gasteiger partial charge in [-0.05, 0) is 37.9 Å². The van der Waals surface area contributed by atoms with Crippen LogP contribution in [0.2, 0.25) is 0 Å². The summed E-state index contributed by atoms with van der Waals surface area (Å²) in [6.45, 7) is 4.48. The number of rotatable bonds is 5. The van der Waals surface area contributed by atoms with E-state index >= 15 is 0 Å². The number of piperidine rings is 1. The van der Waals surface area contributed by atoms with Gasteiger partial charge in [0.1, 0.15) is 5.00 Å². The summed E-state index contributed by atoms with van der Waals surface area (Å²) >= 11 is 3.32. The van der Waals surface area contributed by atoms with Gasteiger partial charge in [0.05, 0.1) is 15.5 Å². The lowest BCUT2D eigenvalue weighted by Gasteiger charge is -2.33. The second kappa shape index (κ2) is 6.21. The molecule has 0 radical (unpaired) electrons. The quantitative estimate of drug-likeness (QED) is 0.649. The van der Waals surface area contributed by atoms with Crippen molar-refractivity contribution in [3.05, 3.63) is 4.88 Å². The molecule has 2 heterocycles. The Bertz CT molecular complexity index is 537. The summed E-state index contributed by atoms with van der Waals surface area (Å²) in [5.41, 5.74) is 7.03. The zero-order valence-electron chi connectivity index (χ0n) is 12.9. The van der Waals surface area contributed by atoms with Crippen LogP contribution in [0, 0.1) is 11.8 Å². The van der Waals surface area contributed by atoms with Crippen molar-refractivity contribution < 1.29 is 4.79 Å². The van der Waals surface area contributed by atoms with E-state index in [1.807, 2.05) is 0 Å². The minimum atomic E-state index is 0.248. The second-order valence-electron chi connectivity index (χ2n) is 6.18. The minimum Gasteiger partial charge on any atom is -0.396 e. The third-order valence-electron chi connectivity index (χ3n) is 4.64. The molecule has 1 aromatic rings. The lowest BCUT2D eigenvalue weighted by molar-refractivity contribution is 0.0972. The number of Topliss-reactive ketones (excluding diaryl/α,β-unsaturated/α-hetero) is 1. The van der Waals surface area contributed by atoms with E-state index in [4.69, 9.17) is 5.73 Å². The Morgan fingerprint density at radius 1 is 1.43 bits per heavy atom. The summed E-state index contributed by atoms with van der Waals surface area (Å²) in [7, 11) is 0. The fourth-order valence-corrected chi connectivity index (χ4v) is 5.35. The number of carbonyl (C=O) groups excluding carboxylic acids is 1. The van der Waals surface area contributed by atoms with Gasteiger partial charge in [0.25, 0.3) is 0 Å². The molecule has 2 fully saturated rings. The second-order valence-corrected chi connectivity index (χ2v) is 8.00. The number of thiophene rings is 1. The molecule has 1 saturated carbocycles. The summed E-state index contributed by atoms with van der Waals surface area (Å²) in [5.74, 6) is 1.31. The lowest BCUT2D eigenvalue weighted by Crippen LogP contribution is -2.34. The van der Waals surface area contributed by atoms with Gasteiger partial charge in [-0.2, -0.15) is 0 Å². The molecule has 2 N–H and O–H groups in total. The zero-order chi connectivity index (χ0) is 15.0. The predicted octanol–water partition coefficient (Wildman–Crippen LogP) is 4.27. The summed E-state index contributed by atoms with van der Waals surface area (Å²) in [5, 5.41) is 1.24. The highest BCUT2D eigenvalue weighted by atomic mass is 32.2. The number of nitrogen functional groups attached to an aromatic ring is 1. The van der Waals surface area contributed by atoms with Crippen LogP contribution in [0.4, 0.5) is 10.7 Å². The molecule has 116 valence electrons. The fraction of sp³-hybridized carbons (Fsp3) is 0.688. The number of carbonyl (C=O) groups is 1. The molecule has 0 spiro atoms. The smallest absolute Gasteiger partial charge is 0.178 e. The molecule has 1 unspecified atom stereocenters. The molecule has 2 aliphatic rings. The van der Waals surface area contributed by atoms with Crippen LogP contribution in [-0.4, -0.2) is 25.1 Å². The van der Waals surface area contributed by atoms with Gasteiger partial charge < -0.3 is 10.6 Å². The zero-order valence-corrected chi connectivity index (χ0v) is 14.5. The Morgan fingerprint density at radius 2 is 2.19 bits per heavy atom. The van der Waals surface area contributed by atoms with Crippen LogP contribution in [0.1, 0.15) is 48.7 Å². The molecule has 21 heavy (non-hydrogen) atoms. The fourth-order valence-electron chi connectivity index (χ4n) is 3.12. The first-order chi connectivity index (χ1) is 10.2. The first kappa shape index (κ1) is 15.2. The van der Waals surface area contributed by atoms with Gasteiger partial charge in [0.2, 0.25) is 0 Å². The lowest BCUT2D eigenvalue weighted by atomic mass is 9.96. The van der Waals surface area contributed by atoms with Crippen LogP contribution >= 0.6 is 23.1 Å². The Balaban J connectivity index is 1.90. The first-order valence-corrected chi connectivity index (χ1v) is 9.95. The largest absolute Gasteiger partial charge is 0.396 e. The number of nitrogens with zero attached hydrogens (tertiary/aromatic N) is 1. The van der Waals surface area contributed by atoms with Crippen LogP contribution in [0.25, 0.3) is 0 Å². The molecule has 0 bridgehead atoms. The van der Waals surface area contributed by atoms with Crippen molar-refractivity contribution in [3.8, 4) is 0 Å². The van der Waals surface area contributed by atoms with Gasteiger partial charge in [-0.1, -0.05) is 13.3 Å². The van der Waals surface area contributed by atoms with Gasteiger partial charge >= 0.3 is 0 Å². The van der Waals surface area contributed by atoms with E-state index < -0.39 is 0 Å². The van der Waals surface area contributed by atoms with Crippen LogP contribution in [-0.2, 0) is 0 Å². The number of thioether (sulfide) groups is 1. The predicted molar refractivity (Wildman–Crippen MR) is 92.8 cm³/mol. The maximum Gasteiger partial charge on any atom is 0.178 e. The molecule has 1 aliphatic heterocycles. The maximum absolute atomic E-state index is 12.4.